The monoisotopic (exact) mass is 557 g/mol. The molecule has 4 rings (SSSR count). The van der Waals surface area contributed by atoms with Crippen LogP contribution in [-0.4, -0.2) is 59.9 Å². The third-order valence-corrected chi connectivity index (χ3v) is 6.72. The van der Waals surface area contributed by atoms with Crippen LogP contribution in [0.3, 0.4) is 0 Å². The van der Waals surface area contributed by atoms with E-state index in [9.17, 15) is 40.7 Å². The summed E-state index contributed by atoms with van der Waals surface area (Å²) < 4.78 is 86.3. The number of ether oxygens (including phenoxy) is 1. The van der Waals surface area contributed by atoms with Gasteiger partial charge in [-0.3, -0.25) is 14.9 Å². The highest BCUT2D eigenvalue weighted by molar-refractivity contribution is 6.02. The second kappa shape index (κ2) is 10.9. The number of benzene rings is 2. The fourth-order valence-electron chi connectivity index (χ4n) is 4.81. The molecule has 210 valence electrons. The minimum atomic E-state index is -4.99. The Hall–Kier alpha value is -3.61. The average Bonchev–Trinajstić information content (AvgIpc) is 2.87. The van der Waals surface area contributed by atoms with Gasteiger partial charge in [-0.1, -0.05) is 30.3 Å². The van der Waals surface area contributed by atoms with Gasteiger partial charge in [0.1, 0.15) is 13.1 Å². The number of imide groups is 1. The van der Waals surface area contributed by atoms with Gasteiger partial charge in [0.2, 0.25) is 11.8 Å². The minimum Gasteiger partial charge on any atom is -0.370 e. The normalized spacial score (nSPS) is 21.5. The number of hydrogen-bond acceptors (Lipinski definition) is 4. The molecule has 39 heavy (non-hydrogen) atoms. The number of likely N-dealkylation sites (tertiary alicyclic amines) is 1. The molecule has 3 atom stereocenters. The van der Waals surface area contributed by atoms with Crippen LogP contribution < -0.4 is 5.32 Å². The van der Waals surface area contributed by atoms with E-state index in [2.05, 4.69) is 5.32 Å². The van der Waals surface area contributed by atoms with Crippen molar-refractivity contribution in [2.75, 3.05) is 26.2 Å². The Morgan fingerprint density at radius 1 is 0.923 bits per heavy atom. The lowest BCUT2D eigenvalue weighted by molar-refractivity contribution is -0.143. The first-order valence-corrected chi connectivity index (χ1v) is 12.1. The molecule has 0 spiro atoms. The highest BCUT2D eigenvalue weighted by Gasteiger charge is 2.40. The van der Waals surface area contributed by atoms with Gasteiger partial charge in [0, 0.05) is 19.0 Å². The van der Waals surface area contributed by atoms with Gasteiger partial charge < -0.3 is 14.5 Å². The Morgan fingerprint density at radius 3 is 2.03 bits per heavy atom. The summed E-state index contributed by atoms with van der Waals surface area (Å²) in [5.74, 6) is -1.69. The predicted molar refractivity (Wildman–Crippen MR) is 125 cm³/mol. The quantitative estimate of drug-likeness (QED) is 0.435. The number of urea groups is 1. The fraction of sp³-hybridized carbons (Fsp3) is 0.423. The molecular weight excluding hydrogens is 532 g/mol. The lowest BCUT2D eigenvalue weighted by Gasteiger charge is -2.41. The van der Waals surface area contributed by atoms with E-state index in [4.69, 9.17) is 4.74 Å². The van der Waals surface area contributed by atoms with Gasteiger partial charge in [0.05, 0.1) is 23.3 Å². The highest BCUT2D eigenvalue weighted by Crippen LogP contribution is 2.39. The number of hydrogen-bond donors (Lipinski definition) is 1. The topological polar surface area (TPSA) is 79.0 Å². The van der Waals surface area contributed by atoms with Crippen molar-refractivity contribution in [1.82, 2.24) is 15.1 Å². The van der Waals surface area contributed by atoms with E-state index >= 15 is 0 Å². The molecule has 2 aliphatic heterocycles. The zero-order chi connectivity index (χ0) is 28.5. The van der Waals surface area contributed by atoms with E-state index in [-0.39, 0.29) is 44.2 Å². The number of piperidine rings is 1. The van der Waals surface area contributed by atoms with E-state index in [0.29, 0.717) is 12.1 Å². The summed E-state index contributed by atoms with van der Waals surface area (Å²) in [6.07, 6.45) is -11.5. The van der Waals surface area contributed by atoms with E-state index < -0.39 is 59.5 Å². The van der Waals surface area contributed by atoms with Crippen LogP contribution in [0.4, 0.5) is 31.1 Å². The van der Waals surface area contributed by atoms with E-state index in [0.717, 1.165) is 10.5 Å². The predicted octanol–water partition coefficient (Wildman–Crippen LogP) is 4.74. The Kier molecular flexibility index (Phi) is 7.92. The molecule has 0 bridgehead atoms. The Bertz CT molecular complexity index is 1190. The maximum absolute atomic E-state index is 13.4. The molecule has 2 aromatic carbocycles. The molecule has 2 aromatic rings. The molecule has 0 unspecified atom stereocenters. The number of amides is 4. The number of carbonyl (C=O) groups is 3. The molecule has 13 heteroatoms. The highest BCUT2D eigenvalue weighted by atomic mass is 19.4. The second-order valence-electron chi connectivity index (χ2n) is 9.52. The maximum Gasteiger partial charge on any atom is 0.416 e. The van der Waals surface area contributed by atoms with E-state index in [1.54, 1.807) is 30.3 Å². The SMILES string of the molecule is C[C@@H](O[C@H]1CCN(C(=O)N2CC(=O)NC(=O)C2)C[C@H]1c1ccccc1)c1cc(C(F)(F)F)cc(C(F)(F)F)c1. The van der Waals surface area contributed by atoms with Gasteiger partial charge in [0.25, 0.3) is 0 Å². The average molecular weight is 557 g/mol. The number of nitrogens with one attached hydrogen (secondary N) is 1. The summed E-state index contributed by atoms with van der Waals surface area (Å²) in [6.45, 7) is 1.05. The molecule has 0 radical (unpaired) electrons. The lowest BCUT2D eigenvalue weighted by Crippen LogP contribution is -2.58. The second-order valence-corrected chi connectivity index (χ2v) is 9.52. The third-order valence-electron chi connectivity index (χ3n) is 6.72. The summed E-state index contributed by atoms with van der Waals surface area (Å²) in [4.78, 5) is 39.1. The van der Waals surface area contributed by atoms with Crippen molar-refractivity contribution in [1.29, 1.82) is 0 Å². The molecule has 2 aliphatic rings. The van der Waals surface area contributed by atoms with Crippen molar-refractivity contribution in [3.05, 3.63) is 70.8 Å². The van der Waals surface area contributed by atoms with Crippen LogP contribution in [0.25, 0.3) is 0 Å². The fourth-order valence-corrected chi connectivity index (χ4v) is 4.81. The van der Waals surface area contributed by atoms with Gasteiger partial charge in [0.15, 0.2) is 0 Å². The van der Waals surface area contributed by atoms with Crippen molar-refractivity contribution < 1.29 is 45.5 Å². The van der Waals surface area contributed by atoms with Crippen molar-refractivity contribution in [3.63, 3.8) is 0 Å². The van der Waals surface area contributed by atoms with Crippen LogP contribution in [0.15, 0.2) is 48.5 Å². The van der Waals surface area contributed by atoms with Gasteiger partial charge in [-0.15, -0.1) is 0 Å². The summed E-state index contributed by atoms with van der Waals surface area (Å²) >= 11 is 0. The van der Waals surface area contributed by atoms with Gasteiger partial charge in [-0.25, -0.2) is 4.79 Å². The first kappa shape index (κ1) is 28.4. The molecule has 2 heterocycles. The van der Waals surface area contributed by atoms with Crippen LogP contribution in [0.2, 0.25) is 0 Å². The first-order valence-electron chi connectivity index (χ1n) is 12.1. The molecule has 0 saturated carbocycles. The Balaban J connectivity index is 1.58. The molecule has 7 nitrogen and oxygen atoms in total. The van der Waals surface area contributed by atoms with Crippen LogP contribution in [0.1, 0.15) is 47.6 Å². The maximum atomic E-state index is 13.4. The molecule has 2 saturated heterocycles. The van der Waals surface area contributed by atoms with E-state index in [1.165, 1.54) is 11.8 Å². The molecule has 0 aliphatic carbocycles. The summed E-state index contributed by atoms with van der Waals surface area (Å²) in [5, 5.41) is 2.12. The number of nitrogens with zero attached hydrogens (tertiary/aromatic N) is 2. The minimum absolute atomic E-state index is 0.0681. The van der Waals surface area contributed by atoms with Crippen molar-refractivity contribution in [3.8, 4) is 0 Å². The van der Waals surface area contributed by atoms with Crippen molar-refractivity contribution in [2.45, 2.75) is 43.8 Å². The first-order chi connectivity index (χ1) is 18.2. The number of halogens is 6. The summed E-state index contributed by atoms with van der Waals surface area (Å²) in [6, 6.07) is 9.68. The number of piperazine rings is 1. The van der Waals surface area contributed by atoms with Crippen LogP contribution in [0.5, 0.6) is 0 Å². The van der Waals surface area contributed by atoms with Crippen molar-refractivity contribution >= 4 is 17.8 Å². The largest absolute Gasteiger partial charge is 0.416 e. The zero-order valence-electron chi connectivity index (χ0n) is 20.7. The molecule has 0 aromatic heterocycles. The number of rotatable bonds is 4. The number of carbonyl (C=O) groups excluding carboxylic acids is 3. The summed E-state index contributed by atoms with van der Waals surface area (Å²) in [7, 11) is 0. The van der Waals surface area contributed by atoms with Gasteiger partial charge >= 0.3 is 18.4 Å². The molecular formula is C26H25F6N3O4. The molecule has 2 fully saturated rings. The molecule has 1 N–H and O–H groups in total. The van der Waals surface area contributed by atoms with Crippen molar-refractivity contribution in [2.24, 2.45) is 0 Å². The standard InChI is InChI=1S/C26H25F6N3O4/c1-15(17-9-18(25(27,28)29)11-19(10-17)26(30,31)32)39-21-7-8-34(12-20(21)16-5-3-2-4-6-16)24(38)35-13-22(36)33-23(37)14-35/h2-6,9-11,15,20-21H,7-8,12-14H2,1H3,(H,33,36,37)/t15-,20+,21+/m1/s1. The lowest BCUT2D eigenvalue weighted by atomic mass is 9.87. The van der Waals surface area contributed by atoms with E-state index in [1.807, 2.05) is 0 Å². The van der Waals surface area contributed by atoms with Crippen LogP contribution >= 0.6 is 0 Å². The third kappa shape index (κ3) is 6.70. The van der Waals surface area contributed by atoms with Gasteiger partial charge in [-0.2, -0.15) is 26.3 Å². The van der Waals surface area contributed by atoms with Gasteiger partial charge in [-0.05, 0) is 42.7 Å². The zero-order valence-corrected chi connectivity index (χ0v) is 20.7. The number of alkyl halides is 6. The summed E-state index contributed by atoms with van der Waals surface area (Å²) in [5.41, 5.74) is -2.38. The van der Waals surface area contributed by atoms with Crippen LogP contribution in [-0.2, 0) is 26.7 Å². The molecule has 4 amide bonds. The Morgan fingerprint density at radius 2 is 1.49 bits per heavy atom. The Labute approximate surface area is 219 Å². The van der Waals surface area contributed by atoms with Crippen LogP contribution in [0, 0.1) is 0 Å². The smallest absolute Gasteiger partial charge is 0.370 e.